The third-order valence-electron chi connectivity index (χ3n) is 3.11. The van der Waals surface area contributed by atoms with Crippen molar-refractivity contribution in [2.24, 2.45) is 0 Å². The fraction of sp³-hybridized carbons (Fsp3) is 0.692. The molecule has 0 unspecified atom stereocenters. The Kier molecular flexibility index (Phi) is 4.14. The summed E-state index contributed by atoms with van der Waals surface area (Å²) in [5, 5.41) is 3.38. The second kappa shape index (κ2) is 5.63. The summed E-state index contributed by atoms with van der Waals surface area (Å²) >= 11 is 0. The Morgan fingerprint density at radius 2 is 2.17 bits per heavy atom. The van der Waals surface area contributed by atoms with Crippen molar-refractivity contribution in [2.75, 3.05) is 25.6 Å². The zero-order valence-electron chi connectivity index (χ0n) is 11.4. The van der Waals surface area contributed by atoms with E-state index in [9.17, 15) is 0 Å². The molecule has 1 fully saturated rings. The van der Waals surface area contributed by atoms with Gasteiger partial charge in [0.1, 0.15) is 17.7 Å². The first kappa shape index (κ1) is 13.2. The average Bonchev–Trinajstić information content (AvgIpc) is 2.75. The molecule has 0 spiro atoms. The van der Waals surface area contributed by atoms with Gasteiger partial charge in [-0.05, 0) is 12.8 Å². The van der Waals surface area contributed by atoms with Crippen molar-refractivity contribution in [3.63, 3.8) is 0 Å². The molecule has 100 valence electrons. The minimum absolute atomic E-state index is 0.0859. The number of aromatic nitrogens is 2. The number of anilines is 1. The predicted octanol–water partition coefficient (Wildman–Crippen LogP) is 1.73. The highest BCUT2D eigenvalue weighted by atomic mass is 16.5. The molecule has 0 aliphatic carbocycles. The number of nitrogens with zero attached hydrogens (tertiary/aromatic N) is 2. The van der Waals surface area contributed by atoms with Crippen LogP contribution in [0.2, 0.25) is 0 Å². The first-order valence-electron chi connectivity index (χ1n) is 6.32. The second-order valence-electron chi connectivity index (χ2n) is 4.94. The lowest BCUT2D eigenvalue weighted by Crippen LogP contribution is -2.33. The zero-order valence-corrected chi connectivity index (χ0v) is 11.4. The summed E-state index contributed by atoms with van der Waals surface area (Å²) in [7, 11) is 1.71. The topological polar surface area (TPSA) is 56.3 Å². The SMILES string of the molecule is CO[C@H]1COC[C@@H]1Nc1cc(C(C)C)nc(C)n1. The minimum atomic E-state index is 0.0859. The monoisotopic (exact) mass is 251 g/mol. The standard InChI is InChI=1S/C13H21N3O2/c1-8(2)10-5-13(15-9(3)14-10)16-11-6-18-7-12(11)17-4/h5,8,11-12H,6-7H2,1-4H3,(H,14,15,16)/t11-,12-/m0/s1. The first-order chi connectivity index (χ1) is 8.60. The van der Waals surface area contributed by atoms with Crippen LogP contribution in [0.4, 0.5) is 5.82 Å². The number of ether oxygens (including phenoxy) is 2. The molecule has 5 nitrogen and oxygen atoms in total. The molecule has 2 heterocycles. The van der Waals surface area contributed by atoms with Gasteiger partial charge in [-0.1, -0.05) is 13.8 Å². The van der Waals surface area contributed by atoms with E-state index in [1.807, 2.05) is 13.0 Å². The van der Waals surface area contributed by atoms with Gasteiger partial charge in [0.05, 0.1) is 19.3 Å². The van der Waals surface area contributed by atoms with E-state index in [0.717, 1.165) is 17.3 Å². The molecule has 1 N–H and O–H groups in total. The van der Waals surface area contributed by atoms with Crippen molar-refractivity contribution < 1.29 is 9.47 Å². The van der Waals surface area contributed by atoms with Gasteiger partial charge >= 0.3 is 0 Å². The fourth-order valence-electron chi connectivity index (χ4n) is 2.05. The number of hydrogen-bond acceptors (Lipinski definition) is 5. The molecule has 0 radical (unpaired) electrons. The van der Waals surface area contributed by atoms with Gasteiger partial charge in [-0.25, -0.2) is 9.97 Å². The summed E-state index contributed by atoms with van der Waals surface area (Å²) in [6.07, 6.45) is 0.0859. The lowest BCUT2D eigenvalue weighted by molar-refractivity contribution is 0.0795. The Morgan fingerprint density at radius 3 is 2.83 bits per heavy atom. The molecular formula is C13H21N3O2. The van der Waals surface area contributed by atoms with Crippen LogP contribution < -0.4 is 5.32 Å². The summed E-state index contributed by atoms with van der Waals surface area (Å²) in [5.74, 6) is 2.03. The first-order valence-corrected chi connectivity index (χ1v) is 6.32. The summed E-state index contributed by atoms with van der Waals surface area (Å²) in [5.41, 5.74) is 1.05. The van der Waals surface area contributed by atoms with E-state index >= 15 is 0 Å². The van der Waals surface area contributed by atoms with Gasteiger partial charge in [-0.15, -0.1) is 0 Å². The van der Waals surface area contributed by atoms with E-state index in [-0.39, 0.29) is 12.1 Å². The maximum Gasteiger partial charge on any atom is 0.130 e. The van der Waals surface area contributed by atoms with Crippen LogP contribution in [0.5, 0.6) is 0 Å². The molecule has 1 saturated heterocycles. The quantitative estimate of drug-likeness (QED) is 0.883. The molecule has 0 bridgehead atoms. The molecule has 5 heteroatoms. The second-order valence-corrected chi connectivity index (χ2v) is 4.94. The molecule has 1 aliphatic heterocycles. The van der Waals surface area contributed by atoms with Crippen LogP contribution in [0.3, 0.4) is 0 Å². The summed E-state index contributed by atoms with van der Waals surface area (Å²) in [4.78, 5) is 8.85. The average molecular weight is 251 g/mol. The van der Waals surface area contributed by atoms with E-state index < -0.39 is 0 Å². The van der Waals surface area contributed by atoms with Crippen molar-refractivity contribution in [3.8, 4) is 0 Å². The molecule has 0 saturated carbocycles. The van der Waals surface area contributed by atoms with Gasteiger partial charge in [-0.3, -0.25) is 0 Å². The van der Waals surface area contributed by atoms with Crippen LogP contribution in [-0.4, -0.2) is 42.4 Å². The number of rotatable bonds is 4. The van der Waals surface area contributed by atoms with Gasteiger partial charge in [0.2, 0.25) is 0 Å². The van der Waals surface area contributed by atoms with Crippen molar-refractivity contribution in [2.45, 2.75) is 38.8 Å². The summed E-state index contributed by atoms with van der Waals surface area (Å²) in [6.45, 7) is 7.45. The molecule has 1 aromatic heterocycles. The van der Waals surface area contributed by atoms with Crippen molar-refractivity contribution in [3.05, 3.63) is 17.6 Å². The maximum atomic E-state index is 5.41. The van der Waals surface area contributed by atoms with E-state index in [2.05, 4.69) is 29.1 Å². The van der Waals surface area contributed by atoms with Crippen LogP contribution in [0, 0.1) is 6.92 Å². The minimum Gasteiger partial charge on any atom is -0.377 e. The highest BCUT2D eigenvalue weighted by Crippen LogP contribution is 2.18. The molecule has 2 rings (SSSR count). The van der Waals surface area contributed by atoms with Crippen LogP contribution in [0.25, 0.3) is 0 Å². The smallest absolute Gasteiger partial charge is 0.130 e. The molecule has 18 heavy (non-hydrogen) atoms. The van der Waals surface area contributed by atoms with E-state index in [1.165, 1.54) is 0 Å². The van der Waals surface area contributed by atoms with Crippen LogP contribution in [0.15, 0.2) is 6.07 Å². The lowest BCUT2D eigenvalue weighted by Gasteiger charge is -2.19. The Morgan fingerprint density at radius 1 is 1.39 bits per heavy atom. The van der Waals surface area contributed by atoms with E-state index in [0.29, 0.717) is 19.1 Å². The number of aryl methyl sites for hydroxylation is 1. The van der Waals surface area contributed by atoms with Crippen LogP contribution >= 0.6 is 0 Å². The Labute approximate surface area is 108 Å². The van der Waals surface area contributed by atoms with Gasteiger partial charge < -0.3 is 14.8 Å². The largest absolute Gasteiger partial charge is 0.377 e. The van der Waals surface area contributed by atoms with Crippen molar-refractivity contribution in [1.29, 1.82) is 0 Å². The summed E-state index contributed by atoms with van der Waals surface area (Å²) in [6, 6.07) is 2.16. The van der Waals surface area contributed by atoms with E-state index in [1.54, 1.807) is 7.11 Å². The maximum absolute atomic E-state index is 5.41. The Hall–Kier alpha value is -1.20. The normalized spacial score (nSPS) is 23.6. The van der Waals surface area contributed by atoms with Gasteiger partial charge in [0.15, 0.2) is 0 Å². The molecule has 0 amide bonds. The van der Waals surface area contributed by atoms with Gasteiger partial charge in [0.25, 0.3) is 0 Å². The number of hydrogen-bond donors (Lipinski definition) is 1. The highest BCUT2D eigenvalue weighted by Gasteiger charge is 2.28. The molecule has 1 aromatic rings. The van der Waals surface area contributed by atoms with Crippen molar-refractivity contribution in [1.82, 2.24) is 9.97 Å². The fourth-order valence-corrected chi connectivity index (χ4v) is 2.05. The predicted molar refractivity (Wildman–Crippen MR) is 69.9 cm³/mol. The van der Waals surface area contributed by atoms with Crippen molar-refractivity contribution >= 4 is 5.82 Å². The molecule has 1 aliphatic rings. The van der Waals surface area contributed by atoms with E-state index in [4.69, 9.17) is 9.47 Å². The lowest BCUT2D eigenvalue weighted by atomic mass is 10.1. The third kappa shape index (κ3) is 2.97. The Bertz CT molecular complexity index is 409. The molecule has 0 aromatic carbocycles. The number of methoxy groups -OCH3 is 1. The van der Waals surface area contributed by atoms with Crippen LogP contribution in [0.1, 0.15) is 31.3 Å². The summed E-state index contributed by atoms with van der Waals surface area (Å²) < 4.78 is 10.8. The van der Waals surface area contributed by atoms with Crippen LogP contribution in [-0.2, 0) is 9.47 Å². The Balaban J connectivity index is 2.13. The number of nitrogens with one attached hydrogen (secondary N) is 1. The molecular weight excluding hydrogens is 230 g/mol. The third-order valence-corrected chi connectivity index (χ3v) is 3.11. The zero-order chi connectivity index (χ0) is 13.1. The van der Waals surface area contributed by atoms with Gasteiger partial charge in [0, 0.05) is 18.9 Å². The highest BCUT2D eigenvalue weighted by molar-refractivity contribution is 5.38. The molecule has 2 atom stereocenters. The van der Waals surface area contributed by atoms with Gasteiger partial charge in [-0.2, -0.15) is 0 Å².